The van der Waals surface area contributed by atoms with Crippen molar-refractivity contribution in [3.05, 3.63) is 59.8 Å². The predicted octanol–water partition coefficient (Wildman–Crippen LogP) is 3.65. The summed E-state index contributed by atoms with van der Waals surface area (Å²) in [5.41, 5.74) is 4.18. The Morgan fingerprint density at radius 2 is 1.85 bits per heavy atom. The fraction of sp³-hybridized carbons (Fsp3) is 0.176. The van der Waals surface area contributed by atoms with Gasteiger partial charge in [-0.2, -0.15) is 10.4 Å². The van der Waals surface area contributed by atoms with Crippen molar-refractivity contribution in [3.63, 3.8) is 0 Å². The fourth-order valence-corrected chi connectivity index (χ4v) is 2.42. The van der Waals surface area contributed by atoms with Crippen LogP contribution in [0, 0.1) is 11.3 Å². The Morgan fingerprint density at radius 3 is 2.55 bits per heavy atom. The molecule has 0 amide bonds. The minimum Gasteiger partial charge on any atom is -0.236 e. The Hall–Kier alpha value is -2.60. The van der Waals surface area contributed by atoms with Gasteiger partial charge in [0.15, 0.2) is 0 Å². The summed E-state index contributed by atoms with van der Waals surface area (Å²) in [7, 11) is 0. The van der Waals surface area contributed by atoms with Crippen LogP contribution in [0.15, 0.2) is 48.5 Å². The second-order valence-electron chi connectivity index (χ2n) is 4.73. The van der Waals surface area contributed by atoms with Crippen molar-refractivity contribution in [2.24, 2.45) is 0 Å². The first-order valence-corrected chi connectivity index (χ1v) is 6.76. The molecule has 3 nitrogen and oxygen atoms in total. The van der Waals surface area contributed by atoms with E-state index in [1.54, 1.807) is 0 Å². The molecule has 0 N–H and O–H groups in total. The Bertz CT molecular complexity index is 776. The summed E-state index contributed by atoms with van der Waals surface area (Å²) in [5, 5.41) is 14.7. The van der Waals surface area contributed by atoms with Crippen LogP contribution >= 0.6 is 0 Å². The number of nitrogens with zero attached hydrogens (tertiary/aromatic N) is 3. The van der Waals surface area contributed by atoms with E-state index in [2.05, 4.69) is 42.4 Å². The van der Waals surface area contributed by atoms with Gasteiger partial charge in [-0.25, -0.2) is 4.68 Å². The van der Waals surface area contributed by atoms with E-state index in [9.17, 15) is 0 Å². The maximum atomic E-state index is 9.06. The van der Waals surface area contributed by atoms with Crippen LogP contribution in [0.2, 0.25) is 0 Å². The van der Waals surface area contributed by atoms with Crippen LogP contribution in [0.25, 0.3) is 16.6 Å². The van der Waals surface area contributed by atoms with Crippen molar-refractivity contribution in [2.45, 2.75) is 19.8 Å². The van der Waals surface area contributed by atoms with Gasteiger partial charge in [0.25, 0.3) is 0 Å². The second-order valence-corrected chi connectivity index (χ2v) is 4.73. The van der Waals surface area contributed by atoms with Gasteiger partial charge < -0.3 is 0 Å². The lowest BCUT2D eigenvalue weighted by molar-refractivity contribution is 0.843. The first-order chi connectivity index (χ1) is 9.83. The maximum Gasteiger partial charge on any atom is 0.0931 e. The summed E-state index contributed by atoms with van der Waals surface area (Å²) in [5.74, 6) is 0. The number of hydrogen-bond donors (Lipinski definition) is 0. The summed E-state index contributed by atoms with van der Waals surface area (Å²) < 4.78 is 1.88. The first-order valence-electron chi connectivity index (χ1n) is 6.76. The maximum absolute atomic E-state index is 9.06. The fourth-order valence-electron chi connectivity index (χ4n) is 2.42. The van der Waals surface area contributed by atoms with Crippen molar-refractivity contribution in [2.75, 3.05) is 0 Å². The van der Waals surface area contributed by atoms with Gasteiger partial charge in [-0.3, -0.25) is 0 Å². The number of fused-ring (bicyclic) bond motifs is 1. The Morgan fingerprint density at radius 1 is 1.10 bits per heavy atom. The van der Waals surface area contributed by atoms with E-state index in [1.165, 1.54) is 5.56 Å². The molecule has 3 rings (SSSR count). The number of aryl methyl sites for hydroxylation is 1. The monoisotopic (exact) mass is 261 g/mol. The molecule has 0 bridgehead atoms. The number of aromatic nitrogens is 2. The average molecular weight is 261 g/mol. The third kappa shape index (κ3) is 2.06. The Balaban J connectivity index is 2.18. The molecule has 0 radical (unpaired) electrons. The molecule has 0 atom stereocenters. The van der Waals surface area contributed by atoms with Gasteiger partial charge in [-0.1, -0.05) is 37.3 Å². The van der Waals surface area contributed by atoms with Crippen LogP contribution in [-0.4, -0.2) is 9.78 Å². The topological polar surface area (TPSA) is 41.6 Å². The molecule has 2 aromatic carbocycles. The lowest BCUT2D eigenvalue weighted by Crippen LogP contribution is -2.01. The molecule has 0 saturated heterocycles. The molecule has 1 aromatic heterocycles. The SMILES string of the molecule is CCc1ccc(-n2nc3ccccc3c2CC#N)cc1. The Labute approximate surface area is 118 Å². The summed E-state index contributed by atoms with van der Waals surface area (Å²) in [4.78, 5) is 0. The molecular formula is C17H15N3. The Kier molecular flexibility index (Phi) is 3.22. The van der Waals surface area contributed by atoms with Gasteiger partial charge in [-0.15, -0.1) is 0 Å². The van der Waals surface area contributed by atoms with E-state index < -0.39 is 0 Å². The predicted molar refractivity (Wildman–Crippen MR) is 79.8 cm³/mol. The molecule has 98 valence electrons. The molecule has 0 spiro atoms. The molecule has 1 heterocycles. The van der Waals surface area contributed by atoms with E-state index in [-0.39, 0.29) is 0 Å². The van der Waals surface area contributed by atoms with E-state index in [4.69, 9.17) is 5.26 Å². The molecule has 0 aliphatic carbocycles. The highest BCUT2D eigenvalue weighted by Gasteiger charge is 2.11. The van der Waals surface area contributed by atoms with Gasteiger partial charge in [0.1, 0.15) is 0 Å². The van der Waals surface area contributed by atoms with Crippen molar-refractivity contribution in [1.82, 2.24) is 9.78 Å². The summed E-state index contributed by atoms with van der Waals surface area (Å²) in [6.45, 7) is 2.14. The smallest absolute Gasteiger partial charge is 0.0931 e. The lowest BCUT2D eigenvalue weighted by atomic mass is 10.1. The van der Waals surface area contributed by atoms with Gasteiger partial charge >= 0.3 is 0 Å². The van der Waals surface area contributed by atoms with Crippen molar-refractivity contribution < 1.29 is 0 Å². The number of hydrogen-bond acceptors (Lipinski definition) is 2. The molecule has 0 saturated carbocycles. The van der Waals surface area contributed by atoms with Gasteiger partial charge in [-0.05, 0) is 30.2 Å². The first kappa shape index (κ1) is 12.4. The quantitative estimate of drug-likeness (QED) is 0.722. The molecule has 0 aliphatic rings. The number of rotatable bonds is 3. The van der Waals surface area contributed by atoms with E-state index in [0.29, 0.717) is 6.42 Å². The van der Waals surface area contributed by atoms with Crippen LogP contribution in [0.4, 0.5) is 0 Å². The van der Waals surface area contributed by atoms with Crippen LogP contribution < -0.4 is 0 Å². The van der Waals surface area contributed by atoms with Crippen LogP contribution in [-0.2, 0) is 12.8 Å². The zero-order valence-corrected chi connectivity index (χ0v) is 11.4. The minimum atomic E-state index is 0.357. The highest BCUT2D eigenvalue weighted by Crippen LogP contribution is 2.22. The van der Waals surface area contributed by atoms with Crippen molar-refractivity contribution >= 4 is 10.9 Å². The van der Waals surface area contributed by atoms with Gasteiger partial charge in [0, 0.05) is 5.39 Å². The lowest BCUT2D eigenvalue weighted by Gasteiger charge is -2.06. The number of benzene rings is 2. The highest BCUT2D eigenvalue weighted by atomic mass is 15.3. The normalized spacial score (nSPS) is 10.6. The largest absolute Gasteiger partial charge is 0.236 e. The van der Waals surface area contributed by atoms with E-state index >= 15 is 0 Å². The molecular weight excluding hydrogens is 246 g/mol. The third-order valence-corrected chi connectivity index (χ3v) is 3.51. The van der Waals surface area contributed by atoms with Crippen LogP contribution in [0.1, 0.15) is 18.2 Å². The third-order valence-electron chi connectivity index (χ3n) is 3.51. The van der Waals surface area contributed by atoms with Gasteiger partial charge in [0.2, 0.25) is 0 Å². The zero-order valence-electron chi connectivity index (χ0n) is 11.4. The molecule has 3 heteroatoms. The van der Waals surface area contributed by atoms with Gasteiger partial charge in [0.05, 0.1) is 29.4 Å². The summed E-state index contributed by atoms with van der Waals surface area (Å²) >= 11 is 0. The van der Waals surface area contributed by atoms with E-state index in [1.807, 2.05) is 28.9 Å². The minimum absolute atomic E-state index is 0.357. The summed E-state index contributed by atoms with van der Waals surface area (Å²) in [6.07, 6.45) is 1.38. The second kappa shape index (κ2) is 5.18. The van der Waals surface area contributed by atoms with Crippen molar-refractivity contribution in [3.8, 4) is 11.8 Å². The average Bonchev–Trinajstić information content (AvgIpc) is 2.87. The van der Waals surface area contributed by atoms with Crippen LogP contribution in [0.5, 0.6) is 0 Å². The van der Waals surface area contributed by atoms with Crippen LogP contribution in [0.3, 0.4) is 0 Å². The van der Waals surface area contributed by atoms with E-state index in [0.717, 1.165) is 28.7 Å². The standard InChI is InChI=1S/C17H15N3/c1-2-13-7-9-14(10-8-13)20-17(11-12-18)15-5-3-4-6-16(15)19-20/h3-10H,2,11H2,1H3. The molecule has 20 heavy (non-hydrogen) atoms. The molecule has 0 fully saturated rings. The molecule has 0 unspecified atom stereocenters. The van der Waals surface area contributed by atoms with Crippen molar-refractivity contribution in [1.29, 1.82) is 5.26 Å². The highest BCUT2D eigenvalue weighted by molar-refractivity contribution is 5.82. The summed E-state index contributed by atoms with van der Waals surface area (Å²) in [6, 6.07) is 18.5. The zero-order chi connectivity index (χ0) is 13.9. The molecule has 0 aliphatic heterocycles. The molecule has 3 aromatic rings. The number of nitriles is 1.